The maximum atomic E-state index is 13.2. The van der Waals surface area contributed by atoms with Crippen LogP contribution >= 0.6 is 11.6 Å². The highest BCUT2D eigenvalue weighted by molar-refractivity contribution is 6.30. The summed E-state index contributed by atoms with van der Waals surface area (Å²) in [5.41, 5.74) is 0.492. The van der Waals surface area contributed by atoms with Gasteiger partial charge in [0.15, 0.2) is 0 Å². The summed E-state index contributed by atoms with van der Waals surface area (Å²) in [6.45, 7) is 2.84. The van der Waals surface area contributed by atoms with Crippen LogP contribution in [0.4, 0.5) is 10.1 Å². The fourth-order valence-electron chi connectivity index (χ4n) is 1.54. The molecule has 0 radical (unpaired) electrons. The maximum absolute atomic E-state index is 13.2. The molecule has 19 heavy (non-hydrogen) atoms. The van der Waals surface area contributed by atoms with Crippen LogP contribution in [0.15, 0.2) is 18.2 Å². The van der Waals surface area contributed by atoms with Crippen LogP contribution < -0.4 is 5.32 Å². The van der Waals surface area contributed by atoms with E-state index in [1.165, 1.54) is 12.1 Å². The van der Waals surface area contributed by atoms with Gasteiger partial charge in [-0.15, -0.1) is 0 Å². The van der Waals surface area contributed by atoms with E-state index in [0.29, 0.717) is 25.2 Å². The summed E-state index contributed by atoms with van der Waals surface area (Å²) in [5, 5.41) is 11.4. The first-order valence-corrected chi connectivity index (χ1v) is 6.30. The van der Waals surface area contributed by atoms with Crippen LogP contribution in [0.25, 0.3) is 0 Å². The Kier molecular flexibility index (Phi) is 6.10. The molecule has 0 bridgehead atoms. The molecule has 1 aromatic rings. The van der Waals surface area contributed by atoms with Gasteiger partial charge in [-0.2, -0.15) is 5.26 Å². The molecule has 1 amide bonds. The largest absolute Gasteiger partial charge is 0.376 e. The van der Waals surface area contributed by atoms with Crippen LogP contribution in [0.2, 0.25) is 5.02 Å². The number of hydrogen-bond acceptors (Lipinski definition) is 3. The van der Waals surface area contributed by atoms with Crippen molar-refractivity contribution in [2.24, 2.45) is 0 Å². The van der Waals surface area contributed by atoms with E-state index in [9.17, 15) is 9.18 Å². The van der Waals surface area contributed by atoms with Crippen molar-refractivity contribution in [2.75, 3.05) is 25.0 Å². The fourth-order valence-corrected chi connectivity index (χ4v) is 1.66. The predicted molar refractivity (Wildman–Crippen MR) is 72.4 cm³/mol. The Bertz CT molecular complexity index is 487. The van der Waals surface area contributed by atoms with Crippen LogP contribution in [0, 0.1) is 17.1 Å². The Hall–Kier alpha value is -1.80. The van der Waals surface area contributed by atoms with E-state index < -0.39 is 5.82 Å². The van der Waals surface area contributed by atoms with Crippen molar-refractivity contribution in [1.29, 1.82) is 5.26 Å². The molecule has 0 aliphatic carbocycles. The summed E-state index contributed by atoms with van der Waals surface area (Å²) < 4.78 is 13.2. The zero-order valence-corrected chi connectivity index (χ0v) is 11.4. The normalized spacial score (nSPS) is 9.79. The summed E-state index contributed by atoms with van der Waals surface area (Å²) in [6.07, 6.45) is 0.301. The first-order chi connectivity index (χ1) is 9.08. The number of rotatable bonds is 6. The lowest BCUT2D eigenvalue weighted by molar-refractivity contribution is -0.129. The molecule has 6 heteroatoms. The SMILES string of the molecule is CCN(CCC#N)C(=O)CNc1ccc(Cl)c(F)c1. The molecule has 0 unspecified atom stereocenters. The van der Waals surface area contributed by atoms with Crippen molar-refractivity contribution >= 4 is 23.2 Å². The number of hydrogen-bond donors (Lipinski definition) is 1. The topological polar surface area (TPSA) is 56.1 Å². The quantitative estimate of drug-likeness (QED) is 0.873. The Balaban J connectivity index is 2.53. The summed E-state index contributed by atoms with van der Waals surface area (Å²) in [5.74, 6) is -0.663. The van der Waals surface area contributed by atoms with Gasteiger partial charge in [0.25, 0.3) is 0 Å². The van der Waals surface area contributed by atoms with Gasteiger partial charge >= 0.3 is 0 Å². The van der Waals surface area contributed by atoms with Gasteiger partial charge in [-0.25, -0.2) is 4.39 Å². The number of carbonyl (C=O) groups excluding carboxylic acids is 1. The Labute approximate surface area is 116 Å². The molecule has 1 aromatic carbocycles. The van der Waals surface area contributed by atoms with E-state index in [0.717, 1.165) is 0 Å². The highest BCUT2D eigenvalue weighted by Gasteiger charge is 2.11. The van der Waals surface area contributed by atoms with Gasteiger partial charge in [0.2, 0.25) is 5.91 Å². The Morgan fingerprint density at radius 1 is 1.58 bits per heavy atom. The molecule has 1 rings (SSSR count). The third-order valence-electron chi connectivity index (χ3n) is 2.59. The van der Waals surface area contributed by atoms with Crippen LogP contribution in [0.5, 0.6) is 0 Å². The zero-order valence-electron chi connectivity index (χ0n) is 10.6. The van der Waals surface area contributed by atoms with Crippen molar-refractivity contribution in [3.63, 3.8) is 0 Å². The maximum Gasteiger partial charge on any atom is 0.241 e. The summed E-state index contributed by atoms with van der Waals surface area (Å²) in [6, 6.07) is 6.26. The number of likely N-dealkylation sites (N-methyl/N-ethyl adjacent to an activating group) is 1. The highest BCUT2D eigenvalue weighted by atomic mass is 35.5. The van der Waals surface area contributed by atoms with Gasteiger partial charge in [-0.05, 0) is 25.1 Å². The van der Waals surface area contributed by atoms with Gasteiger partial charge in [0.1, 0.15) is 5.82 Å². The highest BCUT2D eigenvalue weighted by Crippen LogP contribution is 2.18. The second-order valence-corrected chi connectivity index (χ2v) is 4.27. The molecule has 0 aliphatic rings. The number of nitrogens with zero attached hydrogens (tertiary/aromatic N) is 2. The average molecular weight is 284 g/mol. The number of nitriles is 1. The number of amides is 1. The third-order valence-corrected chi connectivity index (χ3v) is 2.90. The second-order valence-electron chi connectivity index (χ2n) is 3.86. The van der Waals surface area contributed by atoms with E-state index in [1.54, 1.807) is 11.0 Å². The molecule has 0 saturated carbocycles. The minimum atomic E-state index is -0.532. The first kappa shape index (κ1) is 15.3. The summed E-state index contributed by atoms with van der Waals surface area (Å²) in [7, 11) is 0. The van der Waals surface area contributed by atoms with Crippen LogP contribution in [0.3, 0.4) is 0 Å². The third kappa shape index (κ3) is 4.76. The lowest BCUT2D eigenvalue weighted by atomic mass is 10.3. The van der Waals surface area contributed by atoms with E-state index in [4.69, 9.17) is 16.9 Å². The van der Waals surface area contributed by atoms with E-state index in [2.05, 4.69) is 5.32 Å². The number of nitrogens with one attached hydrogen (secondary N) is 1. The van der Waals surface area contributed by atoms with Crippen molar-refractivity contribution < 1.29 is 9.18 Å². The molecule has 0 spiro atoms. The zero-order chi connectivity index (χ0) is 14.3. The minimum absolute atomic E-state index is 0.0427. The molecule has 0 saturated heterocycles. The van der Waals surface area contributed by atoms with Crippen molar-refractivity contribution in [3.05, 3.63) is 29.0 Å². The van der Waals surface area contributed by atoms with E-state index in [-0.39, 0.29) is 17.5 Å². The van der Waals surface area contributed by atoms with Crippen LogP contribution in [0.1, 0.15) is 13.3 Å². The van der Waals surface area contributed by atoms with Crippen LogP contribution in [-0.2, 0) is 4.79 Å². The van der Waals surface area contributed by atoms with Gasteiger partial charge in [-0.1, -0.05) is 11.6 Å². The van der Waals surface area contributed by atoms with Crippen molar-refractivity contribution in [3.8, 4) is 6.07 Å². The molecule has 0 atom stereocenters. The Morgan fingerprint density at radius 3 is 2.89 bits per heavy atom. The van der Waals surface area contributed by atoms with Gasteiger partial charge in [0.05, 0.1) is 24.1 Å². The molecule has 0 fully saturated rings. The number of halogens is 2. The summed E-state index contributed by atoms with van der Waals surface area (Å²) >= 11 is 5.56. The second kappa shape index (κ2) is 7.59. The molecule has 1 N–H and O–H groups in total. The number of benzene rings is 1. The standard InChI is InChI=1S/C13H15ClFN3O/c1-2-18(7-3-6-16)13(19)9-17-10-4-5-11(14)12(15)8-10/h4-5,8,17H,2-3,7,9H2,1H3. The fraction of sp³-hybridized carbons (Fsp3) is 0.385. The van der Waals surface area contributed by atoms with E-state index in [1.807, 2.05) is 13.0 Å². The first-order valence-electron chi connectivity index (χ1n) is 5.92. The number of anilines is 1. The average Bonchev–Trinajstić information content (AvgIpc) is 2.41. The van der Waals surface area contributed by atoms with Crippen molar-refractivity contribution in [2.45, 2.75) is 13.3 Å². The van der Waals surface area contributed by atoms with Gasteiger partial charge in [0, 0.05) is 18.8 Å². The van der Waals surface area contributed by atoms with E-state index >= 15 is 0 Å². The lowest BCUT2D eigenvalue weighted by Gasteiger charge is -2.20. The van der Waals surface area contributed by atoms with Crippen molar-refractivity contribution in [1.82, 2.24) is 4.90 Å². The van der Waals surface area contributed by atoms with Gasteiger partial charge < -0.3 is 10.2 Å². The molecule has 0 heterocycles. The lowest BCUT2D eigenvalue weighted by Crippen LogP contribution is -2.36. The van der Waals surface area contributed by atoms with Crippen LogP contribution in [-0.4, -0.2) is 30.4 Å². The smallest absolute Gasteiger partial charge is 0.241 e. The molecule has 0 aromatic heterocycles. The molecular weight excluding hydrogens is 269 g/mol. The minimum Gasteiger partial charge on any atom is -0.376 e. The monoisotopic (exact) mass is 283 g/mol. The molecule has 102 valence electrons. The molecular formula is C13H15ClFN3O. The predicted octanol–water partition coefficient (Wildman–Crippen LogP) is 2.65. The molecule has 0 aliphatic heterocycles. The summed E-state index contributed by atoms with van der Waals surface area (Å²) in [4.78, 5) is 13.4. The molecule has 4 nitrogen and oxygen atoms in total. The van der Waals surface area contributed by atoms with Gasteiger partial charge in [-0.3, -0.25) is 4.79 Å². The Morgan fingerprint density at radius 2 is 2.32 bits per heavy atom. The number of carbonyl (C=O) groups is 1.